The molecule has 0 radical (unpaired) electrons. The molecule has 0 aliphatic rings. The molecule has 3 heteroatoms. The Balaban J connectivity index is 2.78. The van der Waals surface area contributed by atoms with Crippen LogP contribution in [0.1, 0.15) is 19.9 Å². The summed E-state index contributed by atoms with van der Waals surface area (Å²) in [6.07, 6.45) is 5.76. The Morgan fingerprint density at radius 2 is 2.20 bits per heavy atom. The lowest BCUT2D eigenvalue weighted by molar-refractivity contribution is -0.716. The van der Waals surface area contributed by atoms with Crippen molar-refractivity contribution in [2.45, 2.75) is 19.9 Å². The van der Waals surface area contributed by atoms with Gasteiger partial charge in [0.05, 0.1) is 6.04 Å². The first-order valence-electron chi connectivity index (χ1n) is 3.37. The van der Waals surface area contributed by atoms with Crippen LogP contribution in [0.3, 0.4) is 0 Å². The van der Waals surface area contributed by atoms with Crippen LogP contribution in [0.4, 0.5) is 0 Å². The first-order chi connectivity index (χ1) is 4.74. The van der Waals surface area contributed by atoms with E-state index >= 15 is 0 Å². The summed E-state index contributed by atoms with van der Waals surface area (Å²) in [5, 5.41) is 0. The maximum Gasteiger partial charge on any atom is 0.284 e. The van der Waals surface area contributed by atoms with Crippen molar-refractivity contribution >= 4 is 0 Å². The number of rotatable bonds is 2. The van der Waals surface area contributed by atoms with Crippen molar-refractivity contribution in [1.29, 1.82) is 0 Å². The van der Waals surface area contributed by atoms with E-state index in [0.29, 0.717) is 6.04 Å². The minimum absolute atomic E-state index is 0.497. The van der Waals surface area contributed by atoms with Crippen molar-refractivity contribution in [3.63, 3.8) is 0 Å². The van der Waals surface area contributed by atoms with Crippen LogP contribution >= 0.6 is 0 Å². The summed E-state index contributed by atoms with van der Waals surface area (Å²) in [6.45, 7) is 4.25. The standard InChI is InChI=1S/C7H13N2O/c1-7(2)8-4-5-9(6-8)10-3/h4-7H,1-3H3/q+1. The highest BCUT2D eigenvalue weighted by atomic mass is 16.6. The molecule has 1 heterocycles. The Labute approximate surface area is 60.8 Å². The minimum Gasteiger partial charge on any atom is -0.339 e. The molecule has 0 N–H and O–H groups in total. The average molecular weight is 141 g/mol. The fourth-order valence-electron chi connectivity index (χ4n) is 0.765. The summed E-state index contributed by atoms with van der Waals surface area (Å²) in [6, 6.07) is 0.497. The Hall–Kier alpha value is -0.990. The largest absolute Gasteiger partial charge is 0.339 e. The molecule has 0 amide bonds. The van der Waals surface area contributed by atoms with Crippen molar-refractivity contribution in [1.82, 2.24) is 4.73 Å². The van der Waals surface area contributed by atoms with Crippen LogP contribution in [-0.2, 0) is 0 Å². The van der Waals surface area contributed by atoms with Crippen LogP contribution in [0.15, 0.2) is 18.7 Å². The molecule has 0 aliphatic carbocycles. The summed E-state index contributed by atoms with van der Waals surface area (Å²) in [7, 11) is 1.64. The lowest BCUT2D eigenvalue weighted by atomic mass is 10.4. The maximum absolute atomic E-state index is 4.94. The molecule has 56 valence electrons. The second-order valence-electron chi connectivity index (χ2n) is 2.50. The molecule has 1 aromatic heterocycles. The molecule has 0 spiro atoms. The van der Waals surface area contributed by atoms with Crippen LogP contribution in [0.5, 0.6) is 0 Å². The zero-order valence-corrected chi connectivity index (χ0v) is 6.61. The van der Waals surface area contributed by atoms with Gasteiger partial charge < -0.3 is 4.84 Å². The van der Waals surface area contributed by atoms with Gasteiger partial charge in [0.1, 0.15) is 13.3 Å². The number of aromatic nitrogens is 2. The van der Waals surface area contributed by atoms with E-state index in [1.165, 1.54) is 0 Å². The van der Waals surface area contributed by atoms with E-state index in [0.717, 1.165) is 0 Å². The lowest BCUT2D eigenvalue weighted by Gasteiger charge is -1.95. The van der Waals surface area contributed by atoms with E-state index in [2.05, 4.69) is 18.4 Å². The van der Waals surface area contributed by atoms with E-state index in [9.17, 15) is 0 Å². The van der Waals surface area contributed by atoms with Gasteiger partial charge in [-0.25, -0.2) is 4.57 Å². The summed E-state index contributed by atoms with van der Waals surface area (Å²) in [4.78, 5) is 4.94. The molecule has 3 nitrogen and oxygen atoms in total. The monoisotopic (exact) mass is 141 g/mol. The predicted octanol–water partition coefficient (Wildman–Crippen LogP) is 0.415. The van der Waals surface area contributed by atoms with E-state index in [-0.39, 0.29) is 0 Å². The predicted molar refractivity (Wildman–Crippen MR) is 37.5 cm³/mol. The summed E-state index contributed by atoms with van der Waals surface area (Å²) >= 11 is 0. The van der Waals surface area contributed by atoms with Gasteiger partial charge in [-0.1, -0.05) is 4.73 Å². The van der Waals surface area contributed by atoms with Crippen LogP contribution in [0.25, 0.3) is 0 Å². The number of imidazole rings is 1. The average Bonchev–Trinajstić information content (AvgIpc) is 2.34. The van der Waals surface area contributed by atoms with Crippen molar-refractivity contribution in [2.75, 3.05) is 7.11 Å². The van der Waals surface area contributed by atoms with Gasteiger partial charge in [-0.05, 0) is 13.8 Å². The summed E-state index contributed by atoms with van der Waals surface area (Å²) in [5.74, 6) is 0. The van der Waals surface area contributed by atoms with Crippen LogP contribution < -0.4 is 9.40 Å². The fraction of sp³-hybridized carbons (Fsp3) is 0.571. The van der Waals surface area contributed by atoms with Crippen LogP contribution in [0.2, 0.25) is 0 Å². The molecule has 0 atom stereocenters. The normalized spacial score (nSPS) is 10.4. The third-order valence-electron chi connectivity index (χ3n) is 1.44. The van der Waals surface area contributed by atoms with Crippen molar-refractivity contribution in [3.05, 3.63) is 18.7 Å². The first-order valence-corrected chi connectivity index (χ1v) is 3.37. The smallest absolute Gasteiger partial charge is 0.284 e. The van der Waals surface area contributed by atoms with E-state index < -0.39 is 0 Å². The Morgan fingerprint density at radius 1 is 1.50 bits per heavy atom. The van der Waals surface area contributed by atoms with Crippen LogP contribution in [0, 0.1) is 0 Å². The molecule has 1 aromatic rings. The molecule has 0 aromatic carbocycles. The van der Waals surface area contributed by atoms with Gasteiger partial charge >= 0.3 is 0 Å². The van der Waals surface area contributed by atoms with E-state index in [4.69, 9.17) is 4.84 Å². The fourth-order valence-corrected chi connectivity index (χ4v) is 0.765. The SMILES string of the molecule is COn1cc[n+](C(C)C)c1. The molecule has 0 fully saturated rings. The van der Waals surface area contributed by atoms with Crippen molar-refractivity contribution < 1.29 is 9.40 Å². The highest BCUT2D eigenvalue weighted by Crippen LogP contribution is 1.89. The van der Waals surface area contributed by atoms with E-state index in [1.807, 2.05) is 18.7 Å². The maximum atomic E-state index is 4.94. The Kier molecular flexibility index (Phi) is 1.94. The first kappa shape index (κ1) is 7.12. The summed E-state index contributed by atoms with van der Waals surface area (Å²) in [5.41, 5.74) is 0. The molecule has 0 saturated carbocycles. The number of hydrogen-bond donors (Lipinski definition) is 0. The molecule has 0 unspecified atom stereocenters. The molecule has 1 rings (SSSR count). The molecular weight excluding hydrogens is 128 g/mol. The topological polar surface area (TPSA) is 18.0 Å². The number of hydrogen-bond acceptors (Lipinski definition) is 1. The van der Waals surface area contributed by atoms with Gasteiger partial charge in [0.15, 0.2) is 6.20 Å². The summed E-state index contributed by atoms with van der Waals surface area (Å²) < 4.78 is 3.74. The second-order valence-corrected chi connectivity index (χ2v) is 2.50. The van der Waals surface area contributed by atoms with E-state index in [1.54, 1.807) is 11.8 Å². The quantitative estimate of drug-likeness (QED) is 0.546. The van der Waals surface area contributed by atoms with Gasteiger partial charge in [-0.15, -0.1) is 0 Å². The van der Waals surface area contributed by atoms with Gasteiger partial charge in [0.25, 0.3) is 6.33 Å². The Morgan fingerprint density at radius 3 is 2.50 bits per heavy atom. The molecular formula is C7H13N2O+. The second kappa shape index (κ2) is 2.73. The third-order valence-corrected chi connectivity index (χ3v) is 1.44. The molecule has 0 aliphatic heterocycles. The van der Waals surface area contributed by atoms with Gasteiger partial charge in [0.2, 0.25) is 0 Å². The molecule has 10 heavy (non-hydrogen) atoms. The van der Waals surface area contributed by atoms with Crippen molar-refractivity contribution in [3.8, 4) is 0 Å². The third kappa shape index (κ3) is 1.29. The van der Waals surface area contributed by atoms with Gasteiger partial charge in [0, 0.05) is 0 Å². The number of nitrogens with zero attached hydrogens (tertiary/aromatic N) is 2. The zero-order chi connectivity index (χ0) is 7.56. The Bertz CT molecular complexity index is 205. The lowest BCUT2D eigenvalue weighted by Crippen LogP contribution is -2.33. The van der Waals surface area contributed by atoms with Crippen molar-refractivity contribution in [2.24, 2.45) is 0 Å². The van der Waals surface area contributed by atoms with Crippen LogP contribution in [-0.4, -0.2) is 11.8 Å². The van der Waals surface area contributed by atoms with Gasteiger partial charge in [-0.2, -0.15) is 0 Å². The molecule has 0 saturated heterocycles. The minimum atomic E-state index is 0.497. The molecule has 0 bridgehead atoms. The zero-order valence-electron chi connectivity index (χ0n) is 6.61. The highest BCUT2D eigenvalue weighted by Gasteiger charge is 2.05. The highest BCUT2D eigenvalue weighted by molar-refractivity contribution is 4.60. The van der Waals surface area contributed by atoms with Gasteiger partial charge in [-0.3, -0.25) is 0 Å².